The van der Waals surface area contributed by atoms with E-state index in [0.717, 1.165) is 25.7 Å². The highest BCUT2D eigenvalue weighted by Crippen LogP contribution is 2.26. The highest BCUT2D eigenvalue weighted by Gasteiger charge is 2.23. The Bertz CT molecular complexity index is 724. The number of halogens is 1. The lowest BCUT2D eigenvalue weighted by Gasteiger charge is -2.07. The number of amides is 2. The molecule has 0 aliphatic heterocycles. The number of nitrogens with zero attached hydrogens (tertiary/aromatic N) is 1. The Kier molecular flexibility index (Phi) is 5.20. The molecule has 1 heterocycles. The molecule has 0 atom stereocenters. The van der Waals surface area contributed by atoms with Gasteiger partial charge in [-0.2, -0.15) is 0 Å². The first-order valence-electron chi connectivity index (χ1n) is 7.91. The van der Waals surface area contributed by atoms with Gasteiger partial charge in [-0.25, -0.2) is 9.37 Å². The molecule has 0 unspecified atom stereocenters. The Balaban J connectivity index is 1.52. The molecule has 0 saturated heterocycles. The number of carbonyl (C=O) groups is 2. The SMILES string of the molecule is O=C(Cc1csc(NC(=O)C2CCCC2)n1)Nc1ccc(F)cc1. The lowest BCUT2D eigenvalue weighted by molar-refractivity contribution is -0.119. The summed E-state index contributed by atoms with van der Waals surface area (Å²) in [5.74, 6) is -0.487. The Morgan fingerprint density at radius 2 is 1.88 bits per heavy atom. The van der Waals surface area contributed by atoms with Crippen LogP contribution in [-0.4, -0.2) is 16.8 Å². The molecule has 1 aliphatic carbocycles. The second-order valence-electron chi connectivity index (χ2n) is 5.85. The fourth-order valence-corrected chi connectivity index (χ4v) is 3.46. The monoisotopic (exact) mass is 347 g/mol. The van der Waals surface area contributed by atoms with Gasteiger partial charge in [0.15, 0.2) is 5.13 Å². The first kappa shape index (κ1) is 16.6. The van der Waals surface area contributed by atoms with Gasteiger partial charge in [-0.05, 0) is 37.1 Å². The van der Waals surface area contributed by atoms with E-state index in [1.165, 1.54) is 35.6 Å². The van der Waals surface area contributed by atoms with Crippen molar-refractivity contribution in [2.75, 3.05) is 10.6 Å². The molecular formula is C17H18FN3O2S. The highest BCUT2D eigenvalue weighted by molar-refractivity contribution is 7.13. The number of thiazole rings is 1. The maximum absolute atomic E-state index is 12.8. The molecule has 7 heteroatoms. The van der Waals surface area contributed by atoms with Gasteiger partial charge in [0.1, 0.15) is 5.82 Å². The van der Waals surface area contributed by atoms with Gasteiger partial charge in [0.25, 0.3) is 0 Å². The first-order chi connectivity index (χ1) is 11.6. The molecule has 2 N–H and O–H groups in total. The number of hydrogen-bond acceptors (Lipinski definition) is 4. The van der Waals surface area contributed by atoms with E-state index in [1.807, 2.05) is 0 Å². The molecule has 5 nitrogen and oxygen atoms in total. The zero-order valence-corrected chi connectivity index (χ0v) is 13.9. The molecular weight excluding hydrogens is 329 g/mol. The van der Waals surface area contributed by atoms with Crippen LogP contribution in [0, 0.1) is 11.7 Å². The molecule has 1 aromatic carbocycles. The van der Waals surface area contributed by atoms with Crippen molar-refractivity contribution in [1.82, 2.24) is 4.98 Å². The van der Waals surface area contributed by atoms with Crippen molar-refractivity contribution >= 4 is 34.0 Å². The molecule has 0 spiro atoms. The summed E-state index contributed by atoms with van der Waals surface area (Å²) in [7, 11) is 0. The third-order valence-corrected chi connectivity index (χ3v) is 4.78. The van der Waals surface area contributed by atoms with Gasteiger partial charge in [0, 0.05) is 17.0 Å². The van der Waals surface area contributed by atoms with Gasteiger partial charge in [-0.1, -0.05) is 12.8 Å². The number of hydrogen-bond donors (Lipinski definition) is 2. The van der Waals surface area contributed by atoms with Crippen LogP contribution in [0.2, 0.25) is 0 Å². The number of benzene rings is 1. The van der Waals surface area contributed by atoms with Gasteiger partial charge in [0.05, 0.1) is 12.1 Å². The minimum atomic E-state index is -0.352. The molecule has 2 amide bonds. The summed E-state index contributed by atoms with van der Waals surface area (Å²) in [5.41, 5.74) is 1.13. The third kappa shape index (κ3) is 4.38. The van der Waals surface area contributed by atoms with Crippen molar-refractivity contribution < 1.29 is 14.0 Å². The predicted molar refractivity (Wildman–Crippen MR) is 91.4 cm³/mol. The van der Waals surface area contributed by atoms with Crippen LogP contribution in [0.15, 0.2) is 29.6 Å². The highest BCUT2D eigenvalue weighted by atomic mass is 32.1. The number of aromatic nitrogens is 1. The number of carbonyl (C=O) groups excluding carboxylic acids is 2. The van der Waals surface area contributed by atoms with Crippen molar-refractivity contribution in [3.63, 3.8) is 0 Å². The van der Waals surface area contributed by atoms with E-state index < -0.39 is 0 Å². The van der Waals surface area contributed by atoms with Crippen LogP contribution in [0.5, 0.6) is 0 Å². The summed E-state index contributed by atoms with van der Waals surface area (Å²) >= 11 is 1.31. The van der Waals surface area contributed by atoms with E-state index in [-0.39, 0.29) is 30.0 Å². The van der Waals surface area contributed by atoms with Crippen molar-refractivity contribution in [1.29, 1.82) is 0 Å². The zero-order valence-electron chi connectivity index (χ0n) is 13.0. The van der Waals surface area contributed by atoms with E-state index in [2.05, 4.69) is 15.6 Å². The summed E-state index contributed by atoms with van der Waals surface area (Å²) in [5, 5.41) is 7.80. The topological polar surface area (TPSA) is 71.1 Å². The minimum Gasteiger partial charge on any atom is -0.326 e. The Hall–Kier alpha value is -2.28. The lowest BCUT2D eigenvalue weighted by atomic mass is 10.1. The molecule has 0 bridgehead atoms. The molecule has 2 aromatic rings. The number of anilines is 2. The van der Waals surface area contributed by atoms with Crippen LogP contribution >= 0.6 is 11.3 Å². The predicted octanol–water partition coefficient (Wildman–Crippen LogP) is 3.59. The Morgan fingerprint density at radius 1 is 1.17 bits per heavy atom. The minimum absolute atomic E-state index is 0.0177. The third-order valence-electron chi connectivity index (χ3n) is 3.98. The first-order valence-corrected chi connectivity index (χ1v) is 8.79. The molecule has 1 aliphatic rings. The van der Waals surface area contributed by atoms with Gasteiger partial charge < -0.3 is 10.6 Å². The van der Waals surface area contributed by atoms with E-state index in [0.29, 0.717) is 16.5 Å². The lowest BCUT2D eigenvalue weighted by Crippen LogP contribution is -2.20. The van der Waals surface area contributed by atoms with Gasteiger partial charge in [-0.3, -0.25) is 9.59 Å². The van der Waals surface area contributed by atoms with Crippen LogP contribution in [0.3, 0.4) is 0 Å². The molecule has 1 aromatic heterocycles. The summed E-state index contributed by atoms with van der Waals surface area (Å²) in [6.07, 6.45) is 4.18. The van der Waals surface area contributed by atoms with Crippen LogP contribution in [-0.2, 0) is 16.0 Å². The van der Waals surface area contributed by atoms with Crippen molar-refractivity contribution in [2.24, 2.45) is 5.92 Å². The van der Waals surface area contributed by atoms with E-state index in [1.54, 1.807) is 5.38 Å². The van der Waals surface area contributed by atoms with Crippen LogP contribution < -0.4 is 10.6 Å². The van der Waals surface area contributed by atoms with Crippen LogP contribution in [0.1, 0.15) is 31.4 Å². The Morgan fingerprint density at radius 3 is 2.58 bits per heavy atom. The quantitative estimate of drug-likeness (QED) is 0.868. The second-order valence-corrected chi connectivity index (χ2v) is 6.70. The molecule has 1 saturated carbocycles. The number of rotatable bonds is 5. The van der Waals surface area contributed by atoms with Gasteiger partial charge >= 0.3 is 0 Å². The fraction of sp³-hybridized carbons (Fsp3) is 0.353. The van der Waals surface area contributed by atoms with E-state index >= 15 is 0 Å². The van der Waals surface area contributed by atoms with Crippen LogP contribution in [0.25, 0.3) is 0 Å². The molecule has 126 valence electrons. The summed E-state index contributed by atoms with van der Waals surface area (Å²) < 4.78 is 12.8. The maximum atomic E-state index is 12.8. The smallest absolute Gasteiger partial charge is 0.230 e. The normalized spacial score (nSPS) is 14.5. The standard InChI is InChI=1S/C17H18FN3O2S/c18-12-5-7-13(8-6-12)19-15(22)9-14-10-24-17(20-14)21-16(23)11-3-1-2-4-11/h5-8,10-11H,1-4,9H2,(H,19,22)(H,20,21,23). The number of nitrogens with one attached hydrogen (secondary N) is 2. The zero-order chi connectivity index (χ0) is 16.9. The molecule has 3 rings (SSSR count). The van der Waals surface area contributed by atoms with Gasteiger partial charge in [-0.15, -0.1) is 11.3 Å². The van der Waals surface area contributed by atoms with Crippen molar-refractivity contribution in [3.8, 4) is 0 Å². The summed E-state index contributed by atoms with van der Waals surface area (Å²) in [4.78, 5) is 28.3. The van der Waals surface area contributed by atoms with E-state index in [4.69, 9.17) is 0 Å². The largest absolute Gasteiger partial charge is 0.326 e. The summed E-state index contributed by atoms with van der Waals surface area (Å²) in [6.45, 7) is 0. The van der Waals surface area contributed by atoms with Gasteiger partial charge in [0.2, 0.25) is 11.8 Å². The van der Waals surface area contributed by atoms with Crippen LogP contribution in [0.4, 0.5) is 15.2 Å². The van der Waals surface area contributed by atoms with E-state index in [9.17, 15) is 14.0 Å². The summed E-state index contributed by atoms with van der Waals surface area (Å²) in [6, 6.07) is 5.58. The second kappa shape index (κ2) is 7.53. The molecule has 0 radical (unpaired) electrons. The van der Waals surface area contributed by atoms with Crippen molar-refractivity contribution in [3.05, 3.63) is 41.2 Å². The molecule has 24 heavy (non-hydrogen) atoms. The Labute approximate surface area is 143 Å². The average molecular weight is 347 g/mol. The van der Waals surface area contributed by atoms with Crippen molar-refractivity contribution in [2.45, 2.75) is 32.1 Å². The fourth-order valence-electron chi connectivity index (χ4n) is 2.74. The average Bonchev–Trinajstić information content (AvgIpc) is 3.21. The maximum Gasteiger partial charge on any atom is 0.230 e. The molecule has 1 fully saturated rings.